The standard InChI is InChI=1S/C30H31FI2N6O4/c1-4-26(40)36-21-9-7-8-19(14-21)10-13-38-28-20(18-35-30(37-28)34-11-5-6-12-39(32)33)15-24(29(38)41)23-16-22(42-2)17-25(43-3)27(23)31/h4,7-9,14-18H,1,5-6,10-13H2,2-3H3,(H,36,40)(H,34,35,37). The topological polar surface area (TPSA) is 111 Å². The Morgan fingerprint density at radius 3 is 2.67 bits per heavy atom. The molecule has 2 aromatic carbocycles. The Balaban J connectivity index is 1.75. The molecule has 0 saturated heterocycles. The molecule has 0 fully saturated rings. The van der Waals surface area contributed by atoms with Gasteiger partial charge in [-0.15, -0.1) is 0 Å². The number of unbranched alkanes of at least 4 members (excludes halogenated alkanes) is 1. The van der Waals surface area contributed by atoms with Crippen LogP contribution in [0.4, 0.5) is 16.0 Å². The van der Waals surface area contributed by atoms with Crippen LogP contribution < -0.4 is 25.7 Å². The molecule has 2 N–H and O–H groups in total. The largest absolute Gasteiger partial charge is 0.497 e. The molecule has 4 rings (SSSR count). The minimum atomic E-state index is -0.673. The summed E-state index contributed by atoms with van der Waals surface area (Å²) in [6.07, 6.45) is 5.19. The lowest BCUT2D eigenvalue weighted by atomic mass is 10.0. The van der Waals surface area contributed by atoms with E-state index in [9.17, 15) is 9.59 Å². The van der Waals surface area contributed by atoms with E-state index in [0.717, 1.165) is 24.9 Å². The fraction of sp³-hybridized carbons (Fsp3) is 0.267. The number of nitrogens with zero attached hydrogens (tertiary/aromatic N) is 4. The molecule has 2 aromatic heterocycles. The summed E-state index contributed by atoms with van der Waals surface area (Å²) >= 11 is 4.48. The smallest absolute Gasteiger partial charge is 0.260 e. The average Bonchev–Trinajstić information content (AvgIpc) is 3.00. The van der Waals surface area contributed by atoms with E-state index in [-0.39, 0.29) is 29.3 Å². The molecule has 0 bridgehead atoms. The molecule has 0 aliphatic carbocycles. The second-order valence-electron chi connectivity index (χ2n) is 9.48. The van der Waals surface area contributed by atoms with Crippen LogP contribution in [-0.2, 0) is 17.8 Å². The van der Waals surface area contributed by atoms with Crippen molar-refractivity contribution in [1.29, 1.82) is 0 Å². The van der Waals surface area contributed by atoms with E-state index in [1.165, 1.54) is 37.0 Å². The predicted octanol–water partition coefficient (Wildman–Crippen LogP) is 6.18. The van der Waals surface area contributed by atoms with Crippen LogP contribution in [0.1, 0.15) is 18.4 Å². The van der Waals surface area contributed by atoms with Crippen molar-refractivity contribution in [2.75, 3.05) is 37.9 Å². The van der Waals surface area contributed by atoms with Gasteiger partial charge in [0.1, 0.15) is 11.4 Å². The van der Waals surface area contributed by atoms with Gasteiger partial charge in [-0.3, -0.25) is 14.2 Å². The highest BCUT2D eigenvalue weighted by Gasteiger charge is 2.20. The molecule has 10 nitrogen and oxygen atoms in total. The molecule has 0 radical (unpaired) electrons. The van der Waals surface area contributed by atoms with Gasteiger partial charge in [-0.05, 0) is 55.2 Å². The molecule has 0 aliphatic heterocycles. The normalized spacial score (nSPS) is 11.0. The highest BCUT2D eigenvalue weighted by molar-refractivity contribution is 14.2. The number of rotatable bonds is 14. The Hall–Kier alpha value is -3.31. The zero-order chi connectivity index (χ0) is 30.9. The van der Waals surface area contributed by atoms with Crippen molar-refractivity contribution < 1.29 is 18.7 Å². The summed E-state index contributed by atoms with van der Waals surface area (Å²) in [5.74, 6) is -0.282. The summed E-state index contributed by atoms with van der Waals surface area (Å²) in [7, 11) is 2.82. The van der Waals surface area contributed by atoms with Crippen LogP contribution in [0, 0.1) is 5.82 Å². The number of halogens is 3. The first kappa shape index (κ1) is 32.6. The maximum atomic E-state index is 15.5. The molecular formula is C30H31FI2N6O4. The minimum Gasteiger partial charge on any atom is -0.497 e. The third-order valence-corrected chi connectivity index (χ3v) is 7.59. The predicted molar refractivity (Wildman–Crippen MR) is 184 cm³/mol. The summed E-state index contributed by atoms with van der Waals surface area (Å²) in [4.78, 5) is 35.0. The highest BCUT2D eigenvalue weighted by Crippen LogP contribution is 2.33. The number of aromatic nitrogens is 3. The van der Waals surface area contributed by atoms with Crippen molar-refractivity contribution in [1.82, 2.24) is 15.9 Å². The number of hydrogen-bond acceptors (Lipinski definition) is 8. The fourth-order valence-corrected chi connectivity index (χ4v) is 5.16. The van der Waals surface area contributed by atoms with Gasteiger partial charge in [-0.25, -0.2) is 9.37 Å². The Morgan fingerprint density at radius 1 is 1.14 bits per heavy atom. The summed E-state index contributed by atoms with van der Waals surface area (Å²) < 4.78 is 29.7. The van der Waals surface area contributed by atoms with E-state index >= 15 is 4.39 Å². The molecule has 0 unspecified atom stereocenters. The molecule has 0 spiro atoms. The zero-order valence-corrected chi connectivity index (χ0v) is 28.0. The van der Waals surface area contributed by atoms with Crippen LogP contribution in [-0.4, -0.2) is 49.1 Å². The second kappa shape index (κ2) is 15.4. The number of nitrogens with one attached hydrogen (secondary N) is 2. The molecule has 226 valence electrons. The number of anilines is 2. The Kier molecular flexibility index (Phi) is 11.7. The van der Waals surface area contributed by atoms with Crippen LogP contribution in [0.25, 0.3) is 22.2 Å². The highest BCUT2D eigenvalue weighted by atomic mass is 127. The second-order valence-corrected chi connectivity index (χ2v) is 13.7. The number of pyridine rings is 1. The van der Waals surface area contributed by atoms with Gasteiger partial charge in [0.05, 0.1) is 19.8 Å². The van der Waals surface area contributed by atoms with Crippen LogP contribution >= 0.6 is 45.7 Å². The third-order valence-electron chi connectivity index (χ3n) is 6.63. The average molecular weight is 812 g/mol. The van der Waals surface area contributed by atoms with Gasteiger partial charge in [0.25, 0.3) is 5.56 Å². The van der Waals surface area contributed by atoms with Gasteiger partial charge in [0, 0.05) is 94.3 Å². The maximum absolute atomic E-state index is 15.5. The van der Waals surface area contributed by atoms with Crippen molar-refractivity contribution in [3.63, 3.8) is 0 Å². The van der Waals surface area contributed by atoms with E-state index in [1.54, 1.807) is 18.3 Å². The van der Waals surface area contributed by atoms with Crippen molar-refractivity contribution in [3.05, 3.63) is 83.1 Å². The molecular weight excluding hydrogens is 781 g/mol. The van der Waals surface area contributed by atoms with Crippen LogP contribution in [0.15, 0.2) is 66.1 Å². The number of hydrogen-bond donors (Lipinski definition) is 2. The van der Waals surface area contributed by atoms with Gasteiger partial charge >= 0.3 is 0 Å². The van der Waals surface area contributed by atoms with Crippen molar-refractivity contribution >= 4 is 74.3 Å². The van der Waals surface area contributed by atoms with E-state index in [0.29, 0.717) is 41.4 Å². The molecule has 4 aromatic rings. The Morgan fingerprint density at radius 2 is 1.95 bits per heavy atom. The number of ether oxygens (including phenoxy) is 2. The first-order valence-corrected chi connectivity index (χ1v) is 15.3. The van der Waals surface area contributed by atoms with Crippen molar-refractivity contribution in [3.8, 4) is 22.6 Å². The number of aryl methyl sites for hydroxylation is 2. The van der Waals surface area contributed by atoms with Gasteiger partial charge in [0.15, 0.2) is 11.6 Å². The van der Waals surface area contributed by atoms with Gasteiger partial charge in [0.2, 0.25) is 11.9 Å². The van der Waals surface area contributed by atoms with Gasteiger partial charge < -0.3 is 20.1 Å². The molecule has 43 heavy (non-hydrogen) atoms. The fourth-order valence-electron chi connectivity index (χ4n) is 4.47. The first-order valence-electron chi connectivity index (χ1n) is 13.4. The Labute approximate surface area is 276 Å². The number of fused-ring (bicyclic) bond motifs is 1. The van der Waals surface area contributed by atoms with Gasteiger partial charge in [-0.1, -0.05) is 18.7 Å². The number of methoxy groups -OCH3 is 2. The number of benzene rings is 2. The van der Waals surface area contributed by atoms with E-state index < -0.39 is 11.4 Å². The van der Waals surface area contributed by atoms with E-state index in [2.05, 4.69) is 74.2 Å². The zero-order valence-electron chi connectivity index (χ0n) is 23.7. The molecule has 2 heterocycles. The molecule has 0 aliphatic rings. The first-order chi connectivity index (χ1) is 20.7. The molecule has 0 saturated carbocycles. The maximum Gasteiger partial charge on any atom is 0.260 e. The van der Waals surface area contributed by atoms with Crippen LogP contribution in [0.3, 0.4) is 0 Å². The number of carbonyl (C=O) groups excluding carboxylic acids is 1. The summed E-state index contributed by atoms with van der Waals surface area (Å²) in [5, 5.41) is 6.56. The minimum absolute atomic E-state index is 0.0390. The molecule has 1 amide bonds. The summed E-state index contributed by atoms with van der Waals surface area (Å²) in [5.41, 5.74) is 1.66. The number of amides is 1. The van der Waals surface area contributed by atoms with Crippen molar-refractivity contribution in [2.45, 2.75) is 25.8 Å². The van der Waals surface area contributed by atoms with Crippen molar-refractivity contribution in [2.24, 2.45) is 0 Å². The van der Waals surface area contributed by atoms with Gasteiger partial charge in [-0.2, -0.15) is 6.31 Å². The quantitative estimate of drug-likeness (QED) is 0.0674. The Bertz CT molecular complexity index is 1680. The van der Waals surface area contributed by atoms with E-state index in [1.807, 2.05) is 18.2 Å². The molecule has 0 atom stereocenters. The lowest BCUT2D eigenvalue weighted by Gasteiger charge is -2.16. The molecule has 13 heteroatoms. The third kappa shape index (κ3) is 8.41. The SMILES string of the molecule is C=CC(=O)Nc1cccc(CCn2c(=O)c(-c3cc(OC)cc(OC)c3F)cc3cnc(NCCCCN(I)I)nc32)c1. The lowest BCUT2D eigenvalue weighted by molar-refractivity contribution is -0.111. The summed E-state index contributed by atoms with van der Waals surface area (Å²) in [6, 6.07) is 11.8. The monoisotopic (exact) mass is 812 g/mol. The van der Waals surface area contributed by atoms with Crippen LogP contribution in [0.5, 0.6) is 11.5 Å². The van der Waals surface area contributed by atoms with Crippen LogP contribution in [0.2, 0.25) is 0 Å². The lowest BCUT2D eigenvalue weighted by Crippen LogP contribution is -2.25. The summed E-state index contributed by atoms with van der Waals surface area (Å²) in [6.45, 7) is 5.35. The number of carbonyl (C=O) groups is 1. The van der Waals surface area contributed by atoms with E-state index in [4.69, 9.17) is 9.47 Å².